The van der Waals surface area contributed by atoms with Crippen LogP contribution in [0.15, 0.2) is 18.5 Å². The average molecular weight is 264 g/mol. The van der Waals surface area contributed by atoms with Crippen LogP contribution in [-0.2, 0) is 23.2 Å². The second-order valence-corrected chi connectivity index (χ2v) is 5.24. The molecule has 19 heavy (non-hydrogen) atoms. The van der Waals surface area contributed by atoms with Crippen LogP contribution in [0.4, 0.5) is 0 Å². The molecule has 1 aliphatic rings. The lowest BCUT2D eigenvalue weighted by Crippen LogP contribution is -2.39. The molecule has 1 aliphatic carbocycles. The minimum absolute atomic E-state index is 0.129. The van der Waals surface area contributed by atoms with Crippen molar-refractivity contribution in [3.8, 4) is 0 Å². The molecule has 2 atom stereocenters. The number of aryl methyl sites for hydroxylation is 1. The lowest BCUT2D eigenvalue weighted by molar-refractivity contribution is -0.148. The van der Waals surface area contributed by atoms with Crippen LogP contribution in [0, 0.1) is 11.8 Å². The summed E-state index contributed by atoms with van der Waals surface area (Å²) < 4.78 is 1.92. The second kappa shape index (κ2) is 5.91. The van der Waals surface area contributed by atoms with Gasteiger partial charge in [-0.15, -0.1) is 0 Å². The average Bonchev–Trinajstić information content (AvgIpc) is 2.81. The number of nitrogens with one attached hydrogen (secondary N) is 1. The highest BCUT2D eigenvalue weighted by Gasteiger charge is 2.35. The van der Waals surface area contributed by atoms with Crippen LogP contribution in [0.3, 0.4) is 0 Å². The largest absolute Gasteiger partial charge is 0.481 e. The lowest BCUT2D eigenvalue weighted by Gasteiger charge is -2.27. The molecule has 2 N–H and O–H groups in total. The van der Waals surface area contributed by atoms with E-state index in [0.717, 1.165) is 18.4 Å². The van der Waals surface area contributed by atoms with Crippen LogP contribution in [0.1, 0.15) is 31.2 Å². The Labute approximate surface area is 112 Å². The fraction of sp³-hybridized carbons (Fsp3) is 0.571. The van der Waals surface area contributed by atoms with Gasteiger partial charge in [0.15, 0.2) is 0 Å². The van der Waals surface area contributed by atoms with Gasteiger partial charge in [0.05, 0.1) is 11.8 Å². The molecule has 1 fully saturated rings. The van der Waals surface area contributed by atoms with Gasteiger partial charge in [0, 0.05) is 26.0 Å². The van der Waals surface area contributed by atoms with E-state index in [-0.39, 0.29) is 11.8 Å². The van der Waals surface area contributed by atoms with Gasteiger partial charge in [0.2, 0.25) is 5.91 Å². The first-order valence-electron chi connectivity index (χ1n) is 6.69. The Kier molecular flexibility index (Phi) is 4.24. The molecular formula is C14H20N2O3. The predicted molar refractivity (Wildman–Crippen MR) is 70.3 cm³/mol. The zero-order valence-corrected chi connectivity index (χ0v) is 11.1. The molecule has 0 aromatic carbocycles. The molecule has 1 amide bonds. The van der Waals surface area contributed by atoms with Gasteiger partial charge < -0.3 is 15.0 Å². The van der Waals surface area contributed by atoms with Crippen molar-refractivity contribution in [1.29, 1.82) is 0 Å². The first-order chi connectivity index (χ1) is 9.08. The van der Waals surface area contributed by atoms with E-state index in [1.54, 1.807) is 0 Å². The minimum Gasteiger partial charge on any atom is -0.481 e. The number of hydrogen-bond donors (Lipinski definition) is 2. The topological polar surface area (TPSA) is 71.3 Å². The maximum Gasteiger partial charge on any atom is 0.307 e. The van der Waals surface area contributed by atoms with E-state index in [1.807, 2.05) is 30.1 Å². The van der Waals surface area contributed by atoms with Crippen LogP contribution in [0.5, 0.6) is 0 Å². The number of nitrogens with zero attached hydrogens (tertiary/aromatic N) is 1. The predicted octanol–water partition coefficient (Wildman–Crippen LogP) is 1.53. The summed E-state index contributed by atoms with van der Waals surface area (Å²) in [6, 6.07) is 1.94. The van der Waals surface area contributed by atoms with E-state index in [1.165, 1.54) is 0 Å². The molecular weight excluding hydrogens is 244 g/mol. The second-order valence-electron chi connectivity index (χ2n) is 5.24. The molecule has 5 nitrogen and oxygen atoms in total. The van der Waals surface area contributed by atoms with Crippen molar-refractivity contribution >= 4 is 11.9 Å². The Balaban J connectivity index is 1.92. The molecule has 2 rings (SSSR count). The molecule has 0 bridgehead atoms. The van der Waals surface area contributed by atoms with E-state index >= 15 is 0 Å². The molecule has 0 radical (unpaired) electrons. The Morgan fingerprint density at radius 1 is 1.37 bits per heavy atom. The molecule has 0 aliphatic heterocycles. The number of hydrogen-bond acceptors (Lipinski definition) is 2. The minimum atomic E-state index is -0.848. The first-order valence-corrected chi connectivity index (χ1v) is 6.69. The zero-order valence-electron chi connectivity index (χ0n) is 11.1. The van der Waals surface area contributed by atoms with Crippen molar-refractivity contribution in [3.05, 3.63) is 24.0 Å². The quantitative estimate of drug-likeness (QED) is 0.866. The van der Waals surface area contributed by atoms with E-state index in [4.69, 9.17) is 5.11 Å². The van der Waals surface area contributed by atoms with E-state index in [2.05, 4.69) is 5.32 Å². The Morgan fingerprint density at radius 3 is 2.63 bits per heavy atom. The van der Waals surface area contributed by atoms with Gasteiger partial charge in [-0.1, -0.05) is 12.8 Å². The fourth-order valence-corrected chi connectivity index (χ4v) is 2.73. The van der Waals surface area contributed by atoms with Crippen molar-refractivity contribution in [3.63, 3.8) is 0 Å². The highest BCUT2D eigenvalue weighted by atomic mass is 16.4. The Bertz CT molecular complexity index is 467. The normalized spacial score (nSPS) is 23.0. The standard InChI is InChI=1S/C14H20N2O3/c1-16-7-6-10(9-16)8-15-13(17)11-4-2-3-5-12(11)14(18)19/h6-7,9,11-12H,2-5,8H2,1H3,(H,15,17)(H,18,19)/t11-,12+/m1/s1. The Hall–Kier alpha value is -1.78. The Morgan fingerprint density at radius 2 is 2.05 bits per heavy atom. The van der Waals surface area contributed by atoms with E-state index in [9.17, 15) is 9.59 Å². The van der Waals surface area contributed by atoms with Crippen LogP contribution in [0.25, 0.3) is 0 Å². The first kappa shape index (κ1) is 13.6. The van der Waals surface area contributed by atoms with Crippen LogP contribution >= 0.6 is 0 Å². The summed E-state index contributed by atoms with van der Waals surface area (Å²) in [5.41, 5.74) is 1.03. The highest BCUT2D eigenvalue weighted by Crippen LogP contribution is 2.30. The molecule has 0 spiro atoms. The van der Waals surface area contributed by atoms with Crippen LogP contribution < -0.4 is 5.32 Å². The lowest BCUT2D eigenvalue weighted by atomic mass is 9.78. The third-order valence-electron chi connectivity index (χ3n) is 3.78. The van der Waals surface area contributed by atoms with Gasteiger partial charge in [0.1, 0.15) is 0 Å². The summed E-state index contributed by atoms with van der Waals surface area (Å²) in [7, 11) is 1.92. The third-order valence-corrected chi connectivity index (χ3v) is 3.78. The zero-order chi connectivity index (χ0) is 13.8. The number of carbonyl (C=O) groups excluding carboxylic acids is 1. The number of rotatable bonds is 4. The van der Waals surface area contributed by atoms with Gasteiger partial charge in [-0.25, -0.2) is 0 Å². The number of amides is 1. The summed E-state index contributed by atoms with van der Waals surface area (Å²) in [6.07, 6.45) is 6.99. The number of aromatic nitrogens is 1. The SMILES string of the molecule is Cn1ccc(CNC(=O)[C@@H]2CCCC[C@@H]2C(=O)O)c1. The molecule has 0 unspecified atom stereocenters. The molecule has 0 saturated heterocycles. The number of carboxylic acid groups (broad SMARTS) is 1. The smallest absolute Gasteiger partial charge is 0.307 e. The van der Waals surface area contributed by atoms with Gasteiger partial charge in [0.25, 0.3) is 0 Å². The van der Waals surface area contributed by atoms with Crippen LogP contribution in [0.2, 0.25) is 0 Å². The number of carbonyl (C=O) groups is 2. The van der Waals surface area contributed by atoms with Gasteiger partial charge >= 0.3 is 5.97 Å². The molecule has 1 aromatic heterocycles. The van der Waals surface area contributed by atoms with Crippen molar-refractivity contribution in [2.75, 3.05) is 0 Å². The monoisotopic (exact) mass is 264 g/mol. The summed E-state index contributed by atoms with van der Waals surface area (Å²) in [5.74, 6) is -1.88. The molecule has 1 heterocycles. The molecule has 1 saturated carbocycles. The number of carboxylic acids is 1. The van der Waals surface area contributed by atoms with Gasteiger partial charge in [-0.2, -0.15) is 0 Å². The van der Waals surface area contributed by atoms with Crippen LogP contribution in [-0.4, -0.2) is 21.6 Å². The summed E-state index contributed by atoms with van der Waals surface area (Å²) in [5, 5.41) is 12.0. The molecule has 104 valence electrons. The number of aliphatic carboxylic acids is 1. The summed E-state index contributed by atoms with van der Waals surface area (Å²) in [6.45, 7) is 0.461. The molecule has 5 heteroatoms. The maximum absolute atomic E-state index is 12.1. The van der Waals surface area contributed by atoms with Gasteiger partial charge in [-0.3, -0.25) is 9.59 Å². The third kappa shape index (κ3) is 3.36. The maximum atomic E-state index is 12.1. The molecule has 1 aromatic rings. The summed E-state index contributed by atoms with van der Waals surface area (Å²) in [4.78, 5) is 23.3. The van der Waals surface area contributed by atoms with Gasteiger partial charge in [-0.05, 0) is 24.5 Å². The van der Waals surface area contributed by atoms with E-state index in [0.29, 0.717) is 19.4 Å². The van der Waals surface area contributed by atoms with Crippen molar-refractivity contribution < 1.29 is 14.7 Å². The van der Waals surface area contributed by atoms with Crippen molar-refractivity contribution in [2.45, 2.75) is 32.2 Å². The van der Waals surface area contributed by atoms with Crippen molar-refractivity contribution in [1.82, 2.24) is 9.88 Å². The summed E-state index contributed by atoms with van der Waals surface area (Å²) >= 11 is 0. The van der Waals surface area contributed by atoms with E-state index < -0.39 is 11.9 Å². The van der Waals surface area contributed by atoms with Crippen molar-refractivity contribution in [2.24, 2.45) is 18.9 Å². The fourth-order valence-electron chi connectivity index (χ4n) is 2.73. The highest BCUT2D eigenvalue weighted by molar-refractivity contribution is 5.84.